The van der Waals surface area contributed by atoms with Crippen LogP contribution in [0.2, 0.25) is 0 Å². The number of hydrogen-bond acceptors (Lipinski definition) is 4. The van der Waals surface area contributed by atoms with Gasteiger partial charge in [-0.2, -0.15) is 18.2 Å². The maximum absolute atomic E-state index is 12.3. The molecular formula is C11H10F3N3O. The standard InChI is InChI=1S/C11H10F3N3O/c12-11(13,14)10-16-9(17-18-10)8-3-1-2-7(6-8)4-5-15/h1-3,6H,4-5,15H2. The van der Waals surface area contributed by atoms with E-state index < -0.39 is 12.1 Å². The van der Waals surface area contributed by atoms with Crippen LogP contribution in [0, 0.1) is 0 Å². The van der Waals surface area contributed by atoms with E-state index in [0.29, 0.717) is 18.5 Å². The van der Waals surface area contributed by atoms with Gasteiger partial charge in [0.15, 0.2) is 0 Å². The Balaban J connectivity index is 2.31. The van der Waals surface area contributed by atoms with E-state index in [0.717, 1.165) is 5.56 Å². The molecule has 2 rings (SSSR count). The van der Waals surface area contributed by atoms with Gasteiger partial charge in [0.1, 0.15) is 0 Å². The van der Waals surface area contributed by atoms with Crippen LogP contribution in [0.5, 0.6) is 0 Å². The Morgan fingerprint density at radius 3 is 2.67 bits per heavy atom. The van der Waals surface area contributed by atoms with Gasteiger partial charge < -0.3 is 10.3 Å². The third kappa shape index (κ3) is 2.67. The molecule has 1 heterocycles. The summed E-state index contributed by atoms with van der Waals surface area (Å²) in [5.74, 6) is -1.43. The second kappa shape index (κ2) is 4.77. The first-order valence-electron chi connectivity index (χ1n) is 5.21. The van der Waals surface area contributed by atoms with Crippen molar-refractivity contribution in [2.45, 2.75) is 12.6 Å². The number of benzene rings is 1. The molecule has 0 aliphatic carbocycles. The molecule has 0 saturated carbocycles. The molecule has 1 aromatic carbocycles. The van der Waals surface area contributed by atoms with Gasteiger partial charge in [-0.15, -0.1) is 0 Å². The Morgan fingerprint density at radius 2 is 2.06 bits per heavy atom. The van der Waals surface area contributed by atoms with E-state index in [-0.39, 0.29) is 5.82 Å². The van der Waals surface area contributed by atoms with Crippen molar-refractivity contribution in [3.05, 3.63) is 35.7 Å². The molecule has 0 aliphatic rings. The van der Waals surface area contributed by atoms with Crippen LogP contribution in [0.25, 0.3) is 11.4 Å². The van der Waals surface area contributed by atoms with Gasteiger partial charge >= 0.3 is 12.1 Å². The van der Waals surface area contributed by atoms with E-state index in [2.05, 4.69) is 14.7 Å². The fraction of sp³-hybridized carbons (Fsp3) is 0.273. The Morgan fingerprint density at radius 1 is 1.28 bits per heavy atom. The third-order valence-electron chi connectivity index (χ3n) is 2.29. The van der Waals surface area contributed by atoms with Gasteiger partial charge in [-0.3, -0.25) is 0 Å². The molecule has 0 atom stereocenters. The van der Waals surface area contributed by atoms with Gasteiger partial charge in [0.25, 0.3) is 0 Å². The number of alkyl halides is 3. The first-order chi connectivity index (χ1) is 8.50. The molecule has 0 unspecified atom stereocenters. The number of halogens is 3. The predicted molar refractivity (Wildman–Crippen MR) is 57.5 cm³/mol. The van der Waals surface area contributed by atoms with E-state index >= 15 is 0 Å². The monoisotopic (exact) mass is 257 g/mol. The van der Waals surface area contributed by atoms with E-state index in [1.807, 2.05) is 6.07 Å². The molecule has 2 N–H and O–H groups in total. The van der Waals surface area contributed by atoms with E-state index in [1.54, 1.807) is 18.2 Å². The third-order valence-corrected chi connectivity index (χ3v) is 2.29. The molecule has 1 aromatic heterocycles. The smallest absolute Gasteiger partial charge is 0.330 e. The highest BCUT2D eigenvalue weighted by Gasteiger charge is 2.38. The maximum Gasteiger partial charge on any atom is 0.471 e. The molecule has 0 radical (unpaired) electrons. The zero-order chi connectivity index (χ0) is 13.2. The van der Waals surface area contributed by atoms with Crippen molar-refractivity contribution >= 4 is 0 Å². The van der Waals surface area contributed by atoms with Crippen LogP contribution in [-0.4, -0.2) is 16.7 Å². The van der Waals surface area contributed by atoms with Crippen LogP contribution in [0.3, 0.4) is 0 Å². The number of nitrogens with zero attached hydrogens (tertiary/aromatic N) is 2. The topological polar surface area (TPSA) is 64.9 Å². The largest absolute Gasteiger partial charge is 0.471 e. The molecule has 0 spiro atoms. The lowest BCUT2D eigenvalue weighted by molar-refractivity contribution is -0.159. The zero-order valence-electron chi connectivity index (χ0n) is 9.24. The molecule has 2 aromatic rings. The van der Waals surface area contributed by atoms with Crippen molar-refractivity contribution in [3.63, 3.8) is 0 Å². The summed E-state index contributed by atoms with van der Waals surface area (Å²) in [6.45, 7) is 0.462. The minimum absolute atomic E-state index is 0.0822. The Hall–Kier alpha value is -1.89. The first-order valence-corrected chi connectivity index (χ1v) is 5.21. The number of rotatable bonds is 3. The second-order valence-electron chi connectivity index (χ2n) is 3.66. The van der Waals surface area contributed by atoms with E-state index in [1.165, 1.54) is 0 Å². The minimum Gasteiger partial charge on any atom is -0.330 e. The average Bonchev–Trinajstić information content (AvgIpc) is 2.78. The molecule has 0 fully saturated rings. The highest BCUT2D eigenvalue weighted by atomic mass is 19.4. The van der Waals surface area contributed by atoms with Gasteiger partial charge in [-0.05, 0) is 24.6 Å². The lowest BCUT2D eigenvalue weighted by Crippen LogP contribution is -2.05. The maximum atomic E-state index is 12.3. The molecule has 18 heavy (non-hydrogen) atoms. The summed E-state index contributed by atoms with van der Waals surface area (Å²) >= 11 is 0. The second-order valence-corrected chi connectivity index (χ2v) is 3.66. The average molecular weight is 257 g/mol. The number of aromatic nitrogens is 2. The van der Waals surface area contributed by atoms with Crippen LogP contribution in [0.4, 0.5) is 13.2 Å². The molecule has 0 amide bonds. The predicted octanol–water partition coefficient (Wildman–Crippen LogP) is 2.26. The molecule has 4 nitrogen and oxygen atoms in total. The summed E-state index contributed by atoms with van der Waals surface area (Å²) < 4.78 is 41.1. The highest BCUT2D eigenvalue weighted by molar-refractivity contribution is 5.55. The molecule has 0 aliphatic heterocycles. The van der Waals surface area contributed by atoms with Crippen LogP contribution >= 0.6 is 0 Å². The van der Waals surface area contributed by atoms with Gasteiger partial charge in [0.2, 0.25) is 5.82 Å². The van der Waals surface area contributed by atoms with Gasteiger partial charge in [-0.25, -0.2) is 0 Å². The van der Waals surface area contributed by atoms with Gasteiger partial charge in [0.05, 0.1) is 0 Å². The first kappa shape index (κ1) is 12.6. The highest BCUT2D eigenvalue weighted by Crippen LogP contribution is 2.29. The van der Waals surface area contributed by atoms with Crippen molar-refractivity contribution in [2.75, 3.05) is 6.54 Å². The van der Waals surface area contributed by atoms with Crippen molar-refractivity contribution in [1.82, 2.24) is 10.1 Å². The summed E-state index contributed by atoms with van der Waals surface area (Å²) in [6.07, 6.45) is -3.99. The van der Waals surface area contributed by atoms with Gasteiger partial charge in [-0.1, -0.05) is 23.4 Å². The molecule has 0 bridgehead atoms. The Labute approximate surface area is 101 Å². The summed E-state index contributed by atoms with van der Waals surface area (Å²) in [5.41, 5.74) is 6.79. The lowest BCUT2D eigenvalue weighted by atomic mass is 10.1. The van der Waals surface area contributed by atoms with Crippen molar-refractivity contribution in [1.29, 1.82) is 0 Å². The fourth-order valence-corrected chi connectivity index (χ4v) is 1.49. The zero-order valence-corrected chi connectivity index (χ0v) is 9.24. The van der Waals surface area contributed by atoms with E-state index in [9.17, 15) is 13.2 Å². The Bertz CT molecular complexity index is 536. The van der Waals surface area contributed by atoms with Crippen LogP contribution in [-0.2, 0) is 12.6 Å². The van der Waals surface area contributed by atoms with Crippen LogP contribution < -0.4 is 5.73 Å². The quantitative estimate of drug-likeness (QED) is 0.915. The molecular weight excluding hydrogens is 247 g/mol. The minimum atomic E-state index is -4.62. The summed E-state index contributed by atoms with van der Waals surface area (Å²) in [4.78, 5) is 3.32. The number of nitrogens with two attached hydrogens (primary N) is 1. The summed E-state index contributed by atoms with van der Waals surface area (Å²) in [6, 6.07) is 6.86. The Kier molecular flexibility index (Phi) is 3.33. The van der Waals surface area contributed by atoms with Crippen molar-refractivity contribution in [3.8, 4) is 11.4 Å². The van der Waals surface area contributed by atoms with Crippen molar-refractivity contribution in [2.24, 2.45) is 5.73 Å². The fourth-order valence-electron chi connectivity index (χ4n) is 1.49. The van der Waals surface area contributed by atoms with E-state index in [4.69, 9.17) is 5.73 Å². The number of hydrogen-bond donors (Lipinski definition) is 1. The molecule has 96 valence electrons. The molecule has 0 saturated heterocycles. The van der Waals surface area contributed by atoms with Crippen LogP contribution in [0.1, 0.15) is 11.5 Å². The summed E-state index contributed by atoms with van der Waals surface area (Å²) in [7, 11) is 0. The normalized spacial score (nSPS) is 11.8. The summed E-state index contributed by atoms with van der Waals surface area (Å²) in [5, 5.41) is 3.32. The lowest BCUT2D eigenvalue weighted by Gasteiger charge is -2.00. The van der Waals surface area contributed by atoms with Crippen LogP contribution in [0.15, 0.2) is 28.8 Å². The SMILES string of the molecule is NCCc1cccc(-c2noc(C(F)(F)F)n2)c1. The molecule has 7 heteroatoms. The van der Waals surface area contributed by atoms with Crippen molar-refractivity contribution < 1.29 is 17.7 Å². The van der Waals surface area contributed by atoms with Gasteiger partial charge in [0, 0.05) is 5.56 Å².